The second kappa shape index (κ2) is 6.99. The summed E-state index contributed by atoms with van der Waals surface area (Å²) < 4.78 is 11.6. The fourth-order valence-electron chi connectivity index (χ4n) is 3.23. The van der Waals surface area contributed by atoms with Gasteiger partial charge in [-0.05, 0) is 49.2 Å². The third-order valence-corrected chi connectivity index (χ3v) is 4.53. The van der Waals surface area contributed by atoms with Gasteiger partial charge in [-0.2, -0.15) is 10.2 Å². The Morgan fingerprint density at radius 2 is 1.85 bits per heavy atom. The maximum Gasteiger partial charge on any atom is 0.229 e. The van der Waals surface area contributed by atoms with E-state index in [-0.39, 0.29) is 5.28 Å². The Morgan fingerprint density at radius 1 is 1.07 bits per heavy atom. The number of nitrogens with zero attached hydrogens (tertiary/aromatic N) is 3. The topological polar surface area (TPSA) is 68.0 Å². The number of halogens is 1. The molecular formula is C21H16ClN3O2. The van der Waals surface area contributed by atoms with E-state index < -0.39 is 0 Å². The summed E-state index contributed by atoms with van der Waals surface area (Å²) in [6.45, 7) is 4.86. The first-order chi connectivity index (χ1) is 13.0. The molecule has 0 fully saturated rings. The smallest absolute Gasteiger partial charge is 0.229 e. The van der Waals surface area contributed by atoms with Gasteiger partial charge in [0.05, 0.1) is 36.1 Å². The molecule has 2 heterocycles. The quantitative estimate of drug-likeness (QED) is 0.593. The molecule has 0 N–H and O–H groups in total. The van der Waals surface area contributed by atoms with Gasteiger partial charge < -0.3 is 9.47 Å². The van der Waals surface area contributed by atoms with Crippen molar-refractivity contribution in [3.8, 4) is 28.8 Å². The van der Waals surface area contributed by atoms with Crippen molar-refractivity contribution in [2.75, 3.05) is 0 Å². The summed E-state index contributed by atoms with van der Waals surface area (Å²) in [5, 5.41) is 9.41. The molecule has 0 radical (unpaired) electrons. The zero-order valence-corrected chi connectivity index (χ0v) is 15.7. The zero-order valence-electron chi connectivity index (χ0n) is 14.9. The third kappa shape index (κ3) is 3.50. The first-order valence-corrected chi connectivity index (χ1v) is 8.85. The van der Waals surface area contributed by atoms with Crippen LogP contribution in [0.15, 0.2) is 36.4 Å². The van der Waals surface area contributed by atoms with E-state index in [9.17, 15) is 5.26 Å². The predicted molar refractivity (Wildman–Crippen MR) is 102 cm³/mol. The van der Waals surface area contributed by atoms with Gasteiger partial charge in [0.25, 0.3) is 0 Å². The molecule has 5 nitrogen and oxygen atoms in total. The van der Waals surface area contributed by atoms with Gasteiger partial charge in [0, 0.05) is 5.56 Å². The minimum absolute atomic E-state index is 0.110. The van der Waals surface area contributed by atoms with Crippen molar-refractivity contribution in [1.82, 2.24) is 9.97 Å². The summed E-state index contributed by atoms with van der Waals surface area (Å²) >= 11 is 6.04. The van der Waals surface area contributed by atoms with Gasteiger partial charge in [-0.3, -0.25) is 0 Å². The molecule has 6 heteroatoms. The van der Waals surface area contributed by atoms with Crippen LogP contribution in [0.5, 0.6) is 11.6 Å². The van der Waals surface area contributed by atoms with Crippen LogP contribution in [0.3, 0.4) is 0 Å². The van der Waals surface area contributed by atoms with Crippen LogP contribution in [0, 0.1) is 25.2 Å². The SMILES string of the molecule is Cc1cc(C)cc(-c2ccc(C#N)cc2Oc2nc(Cl)nc3c2COC3)c1. The maximum absolute atomic E-state index is 9.30. The zero-order chi connectivity index (χ0) is 19.0. The molecule has 1 aliphatic rings. The Hall–Kier alpha value is -2.94. The van der Waals surface area contributed by atoms with Crippen molar-refractivity contribution < 1.29 is 9.47 Å². The Bertz CT molecular complexity index is 1070. The van der Waals surface area contributed by atoms with E-state index >= 15 is 0 Å². The van der Waals surface area contributed by atoms with Crippen molar-refractivity contribution in [1.29, 1.82) is 5.26 Å². The lowest BCUT2D eigenvalue weighted by Crippen LogP contribution is -2.00. The summed E-state index contributed by atoms with van der Waals surface area (Å²) in [6.07, 6.45) is 0. The molecule has 1 aromatic heterocycles. The van der Waals surface area contributed by atoms with Crippen molar-refractivity contribution in [2.45, 2.75) is 27.1 Å². The summed E-state index contributed by atoms with van der Waals surface area (Å²) in [6, 6.07) is 13.8. The molecule has 0 bridgehead atoms. The van der Waals surface area contributed by atoms with Crippen LogP contribution in [0.4, 0.5) is 0 Å². The molecule has 134 valence electrons. The van der Waals surface area contributed by atoms with Gasteiger partial charge in [0.2, 0.25) is 11.2 Å². The van der Waals surface area contributed by atoms with E-state index in [4.69, 9.17) is 21.1 Å². The summed E-state index contributed by atoms with van der Waals surface area (Å²) in [5.41, 5.74) is 6.22. The van der Waals surface area contributed by atoms with Crippen LogP contribution in [-0.2, 0) is 18.0 Å². The minimum atomic E-state index is 0.110. The second-order valence-corrected chi connectivity index (χ2v) is 6.86. The summed E-state index contributed by atoms with van der Waals surface area (Å²) in [4.78, 5) is 8.43. The van der Waals surface area contributed by atoms with Crippen molar-refractivity contribution in [2.24, 2.45) is 0 Å². The first-order valence-electron chi connectivity index (χ1n) is 8.47. The van der Waals surface area contributed by atoms with Gasteiger partial charge in [-0.1, -0.05) is 29.3 Å². The van der Waals surface area contributed by atoms with Gasteiger partial charge >= 0.3 is 0 Å². The predicted octanol–water partition coefficient (Wildman–Crippen LogP) is 5.11. The minimum Gasteiger partial charge on any atom is -0.438 e. The van der Waals surface area contributed by atoms with Gasteiger partial charge in [-0.15, -0.1) is 0 Å². The lowest BCUT2D eigenvalue weighted by Gasteiger charge is -2.14. The molecule has 0 amide bonds. The summed E-state index contributed by atoms with van der Waals surface area (Å²) in [5.74, 6) is 0.908. The molecule has 27 heavy (non-hydrogen) atoms. The van der Waals surface area contributed by atoms with Crippen molar-refractivity contribution >= 4 is 11.6 Å². The molecule has 1 aliphatic heterocycles. The Labute approximate surface area is 162 Å². The van der Waals surface area contributed by atoms with E-state index in [1.54, 1.807) is 12.1 Å². The van der Waals surface area contributed by atoms with Gasteiger partial charge in [0.15, 0.2) is 0 Å². The lowest BCUT2D eigenvalue weighted by molar-refractivity contribution is 0.132. The third-order valence-electron chi connectivity index (χ3n) is 4.36. The maximum atomic E-state index is 9.30. The number of ether oxygens (including phenoxy) is 2. The molecule has 0 spiro atoms. The van der Waals surface area contributed by atoms with Crippen LogP contribution < -0.4 is 4.74 Å². The van der Waals surface area contributed by atoms with Crippen molar-refractivity contribution in [3.05, 3.63) is 69.6 Å². The fraction of sp³-hybridized carbons (Fsp3) is 0.190. The molecule has 0 saturated heterocycles. The molecule has 0 saturated carbocycles. The highest BCUT2D eigenvalue weighted by molar-refractivity contribution is 6.28. The number of hydrogen-bond donors (Lipinski definition) is 0. The Balaban J connectivity index is 1.84. The molecule has 2 aromatic carbocycles. The number of hydrogen-bond acceptors (Lipinski definition) is 5. The second-order valence-electron chi connectivity index (χ2n) is 6.52. The number of aryl methyl sites for hydroxylation is 2. The lowest BCUT2D eigenvalue weighted by atomic mass is 9.99. The number of fused-ring (bicyclic) bond motifs is 1. The van der Waals surface area contributed by atoms with Gasteiger partial charge in [0.1, 0.15) is 5.75 Å². The highest BCUT2D eigenvalue weighted by Gasteiger charge is 2.22. The van der Waals surface area contributed by atoms with Crippen molar-refractivity contribution in [3.63, 3.8) is 0 Å². The van der Waals surface area contributed by atoms with Crippen LogP contribution in [0.25, 0.3) is 11.1 Å². The highest BCUT2D eigenvalue weighted by atomic mass is 35.5. The summed E-state index contributed by atoms with van der Waals surface area (Å²) in [7, 11) is 0. The standard InChI is InChI=1S/C21H16ClN3O2/c1-12-5-13(2)7-15(6-12)16-4-3-14(9-23)8-19(16)27-20-17-10-26-11-18(17)24-21(22)25-20/h3-8H,10-11H2,1-2H3. The molecule has 0 atom stereocenters. The van der Waals surface area contributed by atoms with E-state index in [0.717, 1.165) is 33.5 Å². The van der Waals surface area contributed by atoms with E-state index in [1.807, 2.05) is 6.07 Å². The number of benzene rings is 2. The molecular weight excluding hydrogens is 362 g/mol. The molecule has 0 unspecified atom stereocenters. The number of nitriles is 1. The average Bonchev–Trinajstić information content (AvgIpc) is 3.09. The molecule has 0 aliphatic carbocycles. The normalized spacial score (nSPS) is 12.5. The average molecular weight is 378 g/mol. The fourth-order valence-corrected chi connectivity index (χ4v) is 3.41. The molecule has 3 aromatic rings. The molecule has 4 rings (SSSR count). The van der Waals surface area contributed by atoms with Crippen LogP contribution >= 0.6 is 11.6 Å². The number of rotatable bonds is 3. The highest BCUT2D eigenvalue weighted by Crippen LogP contribution is 2.37. The monoisotopic (exact) mass is 377 g/mol. The number of aromatic nitrogens is 2. The van der Waals surface area contributed by atoms with E-state index in [0.29, 0.717) is 30.4 Å². The first kappa shape index (κ1) is 17.5. The van der Waals surface area contributed by atoms with Gasteiger partial charge in [-0.25, -0.2) is 4.98 Å². The van der Waals surface area contributed by atoms with E-state index in [2.05, 4.69) is 48.1 Å². The van der Waals surface area contributed by atoms with Crippen LogP contribution in [0.1, 0.15) is 27.9 Å². The largest absolute Gasteiger partial charge is 0.438 e. The van der Waals surface area contributed by atoms with Crippen LogP contribution in [-0.4, -0.2) is 9.97 Å². The van der Waals surface area contributed by atoms with Crippen LogP contribution in [0.2, 0.25) is 5.28 Å². The Morgan fingerprint density at radius 3 is 2.59 bits per heavy atom. The van der Waals surface area contributed by atoms with E-state index in [1.165, 1.54) is 0 Å². The Kier molecular flexibility index (Phi) is 4.53.